The van der Waals surface area contributed by atoms with Gasteiger partial charge in [0.05, 0.1) is 0 Å². The van der Waals surface area contributed by atoms with E-state index in [0.717, 1.165) is 5.75 Å². The topological polar surface area (TPSA) is 0 Å². The third-order valence-corrected chi connectivity index (χ3v) is 15.5. The van der Waals surface area contributed by atoms with Crippen LogP contribution < -0.4 is 0 Å². The van der Waals surface area contributed by atoms with Gasteiger partial charge in [0, 0.05) is 35.7 Å². The lowest BCUT2D eigenvalue weighted by molar-refractivity contribution is 1.41. The van der Waals surface area contributed by atoms with E-state index in [0.29, 0.717) is 0 Å². The van der Waals surface area contributed by atoms with Crippen LogP contribution in [0.25, 0.3) is 90.8 Å². The van der Waals surface area contributed by atoms with Crippen molar-refractivity contribution in [2.75, 3.05) is 0 Å². The van der Waals surface area contributed by atoms with Crippen LogP contribution in [0.5, 0.6) is 0 Å². The van der Waals surface area contributed by atoms with E-state index in [1.807, 2.05) is 11.3 Å². The highest BCUT2D eigenvalue weighted by Crippen LogP contribution is 2.50. The molecule has 2 aliphatic heterocycles. The van der Waals surface area contributed by atoms with Gasteiger partial charge in [-0.25, -0.2) is 0 Å². The summed E-state index contributed by atoms with van der Waals surface area (Å²) >= 11 is 1.93. The molecule has 0 bridgehead atoms. The van der Waals surface area contributed by atoms with Crippen molar-refractivity contribution in [1.29, 1.82) is 0 Å². The zero-order chi connectivity index (χ0) is 36.7. The van der Waals surface area contributed by atoms with E-state index < -0.39 is 0 Å². The van der Waals surface area contributed by atoms with E-state index in [-0.39, 0.29) is 10.5 Å². The van der Waals surface area contributed by atoms with Crippen LogP contribution in [0.4, 0.5) is 0 Å². The number of benzene rings is 9. The largest absolute Gasteiger partial charge is 0.142 e. The van der Waals surface area contributed by atoms with Gasteiger partial charge in [-0.15, -0.1) is 21.8 Å². The summed E-state index contributed by atoms with van der Waals surface area (Å²) in [6.07, 6.45) is 6.92. The average molecular weight is 747 g/mol. The molecule has 0 amide bonds. The lowest BCUT2D eigenvalue weighted by atomic mass is 9.91. The van der Waals surface area contributed by atoms with E-state index in [9.17, 15) is 0 Å². The SMILES string of the molecule is C1=CC2=S(Cc3c2cccc3-c2cccc(-c3cccc4c3sc3c(-c5ccc6c7ccccc7c7ccccc7c6c5)cccc34)c2)C(c2ccccc2)=C1. The minimum absolute atomic E-state index is 0.0292. The molecule has 0 N–H and O–H groups in total. The molecule has 56 heavy (non-hydrogen) atoms. The summed E-state index contributed by atoms with van der Waals surface area (Å²) in [5, 5.41) is 10.5. The van der Waals surface area contributed by atoms with Crippen LogP contribution in [-0.2, 0) is 5.75 Å². The summed E-state index contributed by atoms with van der Waals surface area (Å²) in [5.41, 5.74) is 11.9. The van der Waals surface area contributed by atoms with Crippen molar-refractivity contribution in [2.45, 2.75) is 5.75 Å². The average Bonchev–Trinajstić information content (AvgIpc) is 3.86. The molecule has 12 rings (SSSR count). The van der Waals surface area contributed by atoms with Crippen LogP contribution in [0.1, 0.15) is 16.7 Å². The van der Waals surface area contributed by atoms with Gasteiger partial charge in [-0.2, -0.15) is 0 Å². The number of rotatable bonds is 4. The summed E-state index contributed by atoms with van der Waals surface area (Å²) in [6, 6.07) is 65.6. The summed E-state index contributed by atoms with van der Waals surface area (Å²) in [7, 11) is 0.0292. The first kappa shape index (κ1) is 32.0. The first-order chi connectivity index (χ1) is 27.8. The minimum Gasteiger partial charge on any atom is -0.142 e. The van der Waals surface area contributed by atoms with Crippen LogP contribution in [0, 0.1) is 0 Å². The van der Waals surface area contributed by atoms with Gasteiger partial charge < -0.3 is 0 Å². The van der Waals surface area contributed by atoms with Crippen molar-refractivity contribution < 1.29 is 0 Å². The maximum absolute atomic E-state index is 2.43. The summed E-state index contributed by atoms with van der Waals surface area (Å²) in [6.45, 7) is 0. The Morgan fingerprint density at radius 1 is 0.375 bits per heavy atom. The monoisotopic (exact) mass is 746 g/mol. The zero-order valence-corrected chi connectivity index (χ0v) is 32.1. The van der Waals surface area contributed by atoms with Gasteiger partial charge in [0.25, 0.3) is 0 Å². The van der Waals surface area contributed by atoms with Crippen molar-refractivity contribution >= 4 is 84.1 Å². The van der Waals surface area contributed by atoms with Gasteiger partial charge >= 0.3 is 0 Å². The maximum atomic E-state index is 2.43. The number of allylic oxidation sites excluding steroid dienone is 3. The van der Waals surface area contributed by atoms with Crippen molar-refractivity contribution in [3.05, 3.63) is 211 Å². The van der Waals surface area contributed by atoms with E-state index in [2.05, 4.69) is 194 Å². The molecule has 2 heteroatoms. The Morgan fingerprint density at radius 3 is 1.57 bits per heavy atom. The number of hydrogen-bond acceptors (Lipinski definition) is 1. The Kier molecular flexibility index (Phi) is 7.20. The molecule has 2 aliphatic rings. The predicted molar refractivity (Wildman–Crippen MR) is 247 cm³/mol. The van der Waals surface area contributed by atoms with Crippen molar-refractivity contribution in [3.8, 4) is 33.4 Å². The molecule has 3 heterocycles. The molecule has 0 saturated carbocycles. The minimum atomic E-state index is 0.0292. The molecular weight excluding hydrogens is 713 g/mol. The Bertz CT molecular complexity index is 3340. The molecule has 1 atom stereocenters. The second-order valence-corrected chi connectivity index (χ2v) is 17.9. The fraction of sp³-hybridized carbons (Fsp3) is 0.0185. The molecular formula is C54H34S2. The molecule has 1 unspecified atom stereocenters. The van der Waals surface area contributed by atoms with Crippen molar-refractivity contribution in [2.24, 2.45) is 0 Å². The van der Waals surface area contributed by atoms with E-state index in [1.165, 1.54) is 112 Å². The molecule has 0 nitrogen and oxygen atoms in total. The smallest absolute Gasteiger partial charge is 0.0434 e. The highest BCUT2D eigenvalue weighted by Gasteiger charge is 2.26. The van der Waals surface area contributed by atoms with Gasteiger partial charge in [0.2, 0.25) is 0 Å². The molecule has 262 valence electrons. The van der Waals surface area contributed by atoms with Gasteiger partial charge in [0.1, 0.15) is 0 Å². The lowest BCUT2D eigenvalue weighted by Gasteiger charge is -2.15. The van der Waals surface area contributed by atoms with Crippen LogP contribution in [0.2, 0.25) is 0 Å². The Hall–Kier alpha value is -6.32. The van der Waals surface area contributed by atoms with Gasteiger partial charge in [-0.05, 0) is 107 Å². The number of fused-ring (bicyclic) bond motifs is 11. The fourth-order valence-electron chi connectivity index (χ4n) is 9.32. The predicted octanol–water partition coefficient (Wildman–Crippen LogP) is 15.4. The Balaban J connectivity index is 0.969. The first-order valence-electron chi connectivity index (χ1n) is 19.3. The molecule has 1 aromatic heterocycles. The first-order valence-corrected chi connectivity index (χ1v) is 21.5. The summed E-state index contributed by atoms with van der Waals surface area (Å²) in [5.74, 6) is 1.05. The van der Waals surface area contributed by atoms with Crippen molar-refractivity contribution in [1.82, 2.24) is 0 Å². The van der Waals surface area contributed by atoms with E-state index >= 15 is 0 Å². The maximum Gasteiger partial charge on any atom is 0.0434 e. The molecule has 0 aliphatic carbocycles. The third-order valence-electron chi connectivity index (χ3n) is 11.9. The van der Waals surface area contributed by atoms with Crippen LogP contribution in [0.15, 0.2) is 194 Å². The normalized spacial score (nSPS) is 14.9. The summed E-state index contributed by atoms with van der Waals surface area (Å²) in [4.78, 5) is 2.92. The molecule has 0 fully saturated rings. The molecule has 0 saturated heterocycles. The standard InChI is InChI=1S/C54H34S2/c1-2-13-34(14-3-1)51-27-12-28-52-46-24-9-21-38(50(46)33-56(51)52)35-15-8-16-36(31-35)39-22-10-25-47-48-26-11-23-40(54(48)55-53(39)47)37-29-30-45-43-19-5-4-17-41(43)42-18-6-7-20-44(42)49(45)32-37/h1-32H,33H2. The van der Waals surface area contributed by atoms with E-state index in [4.69, 9.17) is 0 Å². The van der Waals surface area contributed by atoms with Gasteiger partial charge in [0.15, 0.2) is 0 Å². The summed E-state index contributed by atoms with van der Waals surface area (Å²) < 4.78 is 2.68. The highest BCUT2D eigenvalue weighted by atomic mass is 32.2. The number of hydrogen-bond donors (Lipinski definition) is 0. The second-order valence-electron chi connectivity index (χ2n) is 14.9. The lowest BCUT2D eigenvalue weighted by Crippen LogP contribution is -1.97. The zero-order valence-electron chi connectivity index (χ0n) is 30.5. The van der Waals surface area contributed by atoms with Crippen LogP contribution in [0.3, 0.4) is 0 Å². The van der Waals surface area contributed by atoms with Gasteiger partial charge in [-0.3, -0.25) is 0 Å². The van der Waals surface area contributed by atoms with E-state index in [1.54, 1.807) is 0 Å². The Labute approximate surface area is 332 Å². The third kappa shape index (κ3) is 4.83. The Morgan fingerprint density at radius 2 is 0.875 bits per heavy atom. The molecule has 0 radical (unpaired) electrons. The highest BCUT2D eigenvalue weighted by molar-refractivity contribution is 8.24. The van der Waals surface area contributed by atoms with Gasteiger partial charge in [-0.1, -0.05) is 170 Å². The number of thiophene rings is 1. The fourth-order valence-corrected chi connectivity index (χ4v) is 13.2. The van der Waals surface area contributed by atoms with Crippen molar-refractivity contribution in [3.63, 3.8) is 0 Å². The second kappa shape index (κ2) is 12.6. The molecule has 10 aromatic rings. The van der Waals surface area contributed by atoms with Crippen LogP contribution in [-0.4, -0.2) is 4.86 Å². The quantitative estimate of drug-likeness (QED) is 0.124. The van der Waals surface area contributed by atoms with Crippen LogP contribution >= 0.6 is 21.8 Å². The molecule has 9 aromatic carbocycles. The molecule has 0 spiro atoms.